The number of cyclic esters (lactones) is 1. The number of hydrogen-bond donors (Lipinski definition) is 4. The van der Waals surface area contributed by atoms with E-state index in [0.29, 0.717) is 23.4 Å². The molecular formula is C51H73BrCl2O13Si3. The highest BCUT2D eigenvalue weighted by Crippen LogP contribution is 2.41. The molecule has 19 heteroatoms. The van der Waals surface area contributed by atoms with Crippen LogP contribution >= 0.6 is 39.1 Å². The van der Waals surface area contributed by atoms with Gasteiger partial charge in [0.2, 0.25) is 5.79 Å². The molecule has 4 aromatic rings. The van der Waals surface area contributed by atoms with Gasteiger partial charge in [-0.3, -0.25) is 0 Å². The molecule has 2 saturated heterocycles. The molecule has 0 amide bonds. The maximum atomic E-state index is 12.6. The normalized spacial score (nSPS) is 24.9. The van der Waals surface area contributed by atoms with Gasteiger partial charge in [0.25, 0.3) is 0 Å². The maximum absolute atomic E-state index is 12.6. The molecule has 2 heterocycles. The maximum Gasteiger partial charge on any atom is 0.337 e. The third-order valence-electron chi connectivity index (χ3n) is 11.2. The molecule has 0 aliphatic carbocycles. The van der Waals surface area contributed by atoms with Crippen LogP contribution in [0.5, 0.6) is 11.5 Å². The van der Waals surface area contributed by atoms with E-state index < -0.39 is 67.9 Å². The predicted octanol–water partition coefficient (Wildman–Crippen LogP) is 9.90. The molecule has 4 aromatic carbocycles. The first-order valence-electron chi connectivity index (χ1n) is 23.3. The molecule has 0 aromatic heterocycles. The van der Waals surface area contributed by atoms with E-state index in [1.807, 2.05) is 61.5 Å². The van der Waals surface area contributed by atoms with Crippen molar-refractivity contribution >= 4 is 70.1 Å². The molecule has 2 aliphatic rings. The van der Waals surface area contributed by atoms with Crippen molar-refractivity contribution < 1.29 is 62.2 Å². The average molecular weight is 1130 g/mol. The fraction of sp³-hybridized carbons (Fsp3) is 0.510. The number of methoxy groups -OCH3 is 3. The third-order valence-corrected chi connectivity index (χ3v) is 15.3. The molecule has 0 bridgehead atoms. The van der Waals surface area contributed by atoms with Crippen LogP contribution in [0.2, 0.25) is 69.0 Å². The van der Waals surface area contributed by atoms with E-state index in [-0.39, 0.29) is 24.3 Å². The van der Waals surface area contributed by atoms with Crippen molar-refractivity contribution in [1.29, 1.82) is 0 Å². The van der Waals surface area contributed by atoms with Gasteiger partial charge in [-0.1, -0.05) is 76.4 Å². The summed E-state index contributed by atoms with van der Waals surface area (Å²) in [6.07, 6.45) is -5.30. The fourth-order valence-electron chi connectivity index (χ4n) is 7.90. The molecule has 0 spiro atoms. The Hall–Kier alpha value is -2.70. The number of benzene rings is 4. The van der Waals surface area contributed by atoms with Crippen LogP contribution in [0.4, 0.5) is 0 Å². The molecule has 0 unspecified atom stereocenters. The van der Waals surface area contributed by atoms with Crippen molar-refractivity contribution in [3.8, 4) is 11.5 Å². The Labute approximate surface area is 436 Å². The average Bonchev–Trinajstić information content (AvgIpc) is 3.29. The molecule has 0 saturated carbocycles. The monoisotopic (exact) mass is 1130 g/mol. The second kappa shape index (κ2) is 26.0. The highest BCUT2D eigenvalue weighted by atomic mass is 79.9. The van der Waals surface area contributed by atoms with Crippen molar-refractivity contribution in [2.24, 2.45) is 0 Å². The molecule has 0 radical (unpaired) electrons. The van der Waals surface area contributed by atoms with Gasteiger partial charge in [-0.25, -0.2) is 4.79 Å². The standard InChI is InChI=1S/C21H25ClO7.C16H36O5Si3.C14H12BrClO/c1-27-15-6-3-12(4-7-15)9-13-10-14(5-8-16(13)22)21(28-2)20(26)19(25)18(24)17(11-23)29-21;1-11-12-13(19-22(2,3)4)14(20-23(5,6)7)15(16(17)18-12)21-24(8,9)10;1-17-13-5-2-10(3-6-13)8-11-9-12(15)4-7-14(11)16/h3-8,10,17-20,23-26H,9,11H2,1-2H3;12-15H,11H2,1-10H3;2-7,9H,8H2,1H3/t17-,18-,19+,20-,21+;12-,13-,14+,15-;/m11./s1. The van der Waals surface area contributed by atoms with Gasteiger partial charge in [0, 0.05) is 27.2 Å². The second-order valence-corrected chi connectivity index (χ2v) is 35.3. The van der Waals surface area contributed by atoms with Crippen molar-refractivity contribution in [3.05, 3.63) is 127 Å². The molecule has 70 heavy (non-hydrogen) atoms. The van der Waals surface area contributed by atoms with Gasteiger partial charge in [0.15, 0.2) is 31.1 Å². The number of hydrogen-bond acceptors (Lipinski definition) is 13. The van der Waals surface area contributed by atoms with Gasteiger partial charge in [-0.2, -0.15) is 0 Å². The summed E-state index contributed by atoms with van der Waals surface area (Å²) in [6.45, 7) is 20.5. The van der Waals surface area contributed by atoms with Crippen LogP contribution in [0, 0.1) is 0 Å². The van der Waals surface area contributed by atoms with E-state index in [1.165, 1.54) is 12.7 Å². The number of esters is 1. The second-order valence-electron chi connectivity index (χ2n) is 20.2. The lowest BCUT2D eigenvalue weighted by molar-refractivity contribution is -0.366. The highest BCUT2D eigenvalue weighted by molar-refractivity contribution is 9.10. The Morgan fingerprint density at radius 3 is 1.56 bits per heavy atom. The number of carbonyl (C=O) groups excluding carboxylic acids is 1. The number of aliphatic hydroxyl groups excluding tert-OH is 4. The molecule has 388 valence electrons. The minimum Gasteiger partial charge on any atom is -0.497 e. The summed E-state index contributed by atoms with van der Waals surface area (Å²) in [5.41, 5.74) is 4.48. The first kappa shape index (κ1) is 59.9. The molecule has 4 N–H and O–H groups in total. The molecule has 2 aliphatic heterocycles. The highest BCUT2D eigenvalue weighted by Gasteiger charge is 2.55. The van der Waals surface area contributed by atoms with Gasteiger partial charge in [0.05, 0.1) is 20.8 Å². The third kappa shape index (κ3) is 16.9. The first-order valence-corrected chi connectivity index (χ1v) is 35.1. The van der Waals surface area contributed by atoms with Crippen LogP contribution in [0.15, 0.2) is 89.4 Å². The largest absolute Gasteiger partial charge is 0.497 e. The van der Waals surface area contributed by atoms with Crippen molar-refractivity contribution in [1.82, 2.24) is 0 Å². The van der Waals surface area contributed by atoms with Crippen LogP contribution in [0.25, 0.3) is 0 Å². The molecular weight excluding hydrogens is 1060 g/mol. The van der Waals surface area contributed by atoms with Gasteiger partial charge < -0.3 is 57.4 Å². The van der Waals surface area contributed by atoms with Gasteiger partial charge in [0.1, 0.15) is 54.2 Å². The number of halogens is 3. The SMILES string of the molecule is CC[C@H]1OC(=O)[C@H](O[Si](C)(C)C)[C@@H](O[Si](C)(C)C)[C@@H]1O[Si](C)(C)C.COc1ccc(Cc2cc(Br)ccc2Cl)cc1.COc1ccc(Cc2cc([C@]3(OC)O[C@H](CO)[C@@H](O)[C@H](O)[C@H]3O)ccc2Cl)cc1. The smallest absolute Gasteiger partial charge is 0.337 e. The lowest BCUT2D eigenvalue weighted by Gasteiger charge is -2.47. The number of aliphatic hydroxyl groups is 4. The van der Waals surface area contributed by atoms with Crippen LogP contribution < -0.4 is 9.47 Å². The van der Waals surface area contributed by atoms with Crippen LogP contribution in [-0.2, 0) is 50.9 Å². The summed E-state index contributed by atoms with van der Waals surface area (Å²) in [5, 5.41) is 41.8. The summed E-state index contributed by atoms with van der Waals surface area (Å²) in [6, 6.07) is 26.4. The van der Waals surface area contributed by atoms with E-state index in [1.54, 1.807) is 32.4 Å². The molecule has 6 rings (SSSR count). The Bertz CT molecular complexity index is 2270. The van der Waals surface area contributed by atoms with Gasteiger partial charge in [-0.15, -0.1) is 0 Å². The van der Waals surface area contributed by atoms with Crippen molar-refractivity contribution in [2.75, 3.05) is 27.9 Å². The topological polar surface area (TPSA) is 172 Å². The summed E-state index contributed by atoms with van der Waals surface area (Å²) in [7, 11) is -1.07. The zero-order valence-electron chi connectivity index (χ0n) is 42.6. The summed E-state index contributed by atoms with van der Waals surface area (Å²) >= 11 is 16.0. The predicted molar refractivity (Wildman–Crippen MR) is 286 cm³/mol. The minimum atomic E-state index is -1.93. The summed E-state index contributed by atoms with van der Waals surface area (Å²) in [5.74, 6) is -0.462. The molecule has 13 nitrogen and oxygen atoms in total. The zero-order valence-corrected chi connectivity index (χ0v) is 48.7. The van der Waals surface area contributed by atoms with Crippen molar-refractivity contribution in [3.63, 3.8) is 0 Å². The Kier molecular flexibility index (Phi) is 22.2. The Balaban J connectivity index is 0.000000236. The summed E-state index contributed by atoms with van der Waals surface area (Å²) in [4.78, 5) is 12.6. The Morgan fingerprint density at radius 1 is 0.643 bits per heavy atom. The number of ether oxygens (including phenoxy) is 5. The fourth-order valence-corrected chi connectivity index (χ4v) is 11.8. The lowest BCUT2D eigenvalue weighted by atomic mass is 9.87. The zero-order chi connectivity index (χ0) is 52.4. The summed E-state index contributed by atoms with van der Waals surface area (Å²) < 4.78 is 47.3. The van der Waals surface area contributed by atoms with E-state index in [4.69, 9.17) is 60.2 Å². The Morgan fingerprint density at radius 2 is 1.11 bits per heavy atom. The van der Waals surface area contributed by atoms with Gasteiger partial charge >= 0.3 is 5.97 Å². The lowest BCUT2D eigenvalue weighted by Crippen LogP contribution is -2.64. The minimum absolute atomic E-state index is 0.257. The van der Waals surface area contributed by atoms with Crippen LogP contribution in [0.3, 0.4) is 0 Å². The van der Waals surface area contributed by atoms with E-state index in [0.717, 1.165) is 44.1 Å². The quantitative estimate of drug-likeness (QED) is 0.0618. The van der Waals surface area contributed by atoms with E-state index in [2.05, 4.69) is 87.0 Å². The first-order chi connectivity index (χ1) is 32.7. The van der Waals surface area contributed by atoms with E-state index in [9.17, 15) is 25.2 Å². The number of rotatable bonds is 16. The van der Waals surface area contributed by atoms with Crippen LogP contribution in [0.1, 0.15) is 41.2 Å². The van der Waals surface area contributed by atoms with E-state index >= 15 is 0 Å². The molecule has 2 fully saturated rings. The van der Waals surface area contributed by atoms with Crippen LogP contribution in [-0.4, -0.2) is 128 Å². The number of carbonyl (C=O) groups is 1. The van der Waals surface area contributed by atoms with Gasteiger partial charge in [-0.05, 0) is 155 Å². The van der Waals surface area contributed by atoms with Crippen molar-refractivity contribution in [2.45, 2.75) is 140 Å². The molecule has 9 atom stereocenters.